The molecule has 3 aromatic rings. The summed E-state index contributed by atoms with van der Waals surface area (Å²) in [6, 6.07) is 6.19. The summed E-state index contributed by atoms with van der Waals surface area (Å²) in [6.45, 7) is 0. The third-order valence-electron chi connectivity index (χ3n) is 4.54. The molecule has 0 saturated heterocycles. The highest BCUT2D eigenvalue weighted by molar-refractivity contribution is 5.98. The van der Waals surface area contributed by atoms with Crippen LogP contribution >= 0.6 is 0 Å². The molecule has 2 heterocycles. The molecule has 0 bridgehead atoms. The Morgan fingerprint density at radius 3 is 2.54 bits per heavy atom. The Balaban J connectivity index is 1.78. The van der Waals surface area contributed by atoms with E-state index in [4.69, 9.17) is 5.73 Å². The van der Waals surface area contributed by atoms with E-state index in [1.165, 1.54) is 25.0 Å². The minimum absolute atomic E-state index is 0.0336. The topological polar surface area (TPSA) is 124 Å². The van der Waals surface area contributed by atoms with Crippen LogP contribution in [0.25, 0.3) is 22.3 Å². The van der Waals surface area contributed by atoms with E-state index in [0.29, 0.717) is 28.5 Å². The van der Waals surface area contributed by atoms with Crippen molar-refractivity contribution in [3.05, 3.63) is 40.2 Å². The Kier molecular flexibility index (Phi) is 3.37. The summed E-state index contributed by atoms with van der Waals surface area (Å²) in [5.41, 5.74) is 8.15. The fourth-order valence-corrected chi connectivity index (χ4v) is 3.29. The summed E-state index contributed by atoms with van der Waals surface area (Å²) in [5.74, 6) is 1.53. The summed E-state index contributed by atoms with van der Waals surface area (Å²) >= 11 is 0. The highest BCUT2D eigenvalue weighted by Gasteiger charge is 2.23. The molecule has 24 heavy (non-hydrogen) atoms. The molecule has 1 aliphatic rings. The number of anilines is 1. The van der Waals surface area contributed by atoms with Crippen molar-refractivity contribution in [3.8, 4) is 11.3 Å². The molecule has 8 heteroatoms. The molecular weight excluding hydrogens is 308 g/mol. The third-order valence-corrected chi connectivity index (χ3v) is 4.54. The molecule has 3 N–H and O–H groups in total. The average Bonchev–Trinajstić information content (AvgIpc) is 3.24. The number of hydrogen-bond acceptors (Lipinski definition) is 6. The van der Waals surface area contributed by atoms with Crippen LogP contribution in [0.3, 0.4) is 0 Å². The number of fused-ring (bicyclic) bond motifs is 1. The Bertz CT molecular complexity index is 912. The van der Waals surface area contributed by atoms with Gasteiger partial charge in [-0.05, 0) is 25.0 Å². The number of nitro groups is 1. The Labute approximate surface area is 137 Å². The molecule has 0 aliphatic heterocycles. The first-order valence-corrected chi connectivity index (χ1v) is 7.90. The van der Waals surface area contributed by atoms with Gasteiger partial charge in [-0.1, -0.05) is 12.8 Å². The first kappa shape index (κ1) is 14.6. The van der Waals surface area contributed by atoms with Gasteiger partial charge in [0.25, 0.3) is 5.69 Å². The van der Waals surface area contributed by atoms with Crippen LogP contribution in [0.2, 0.25) is 0 Å². The molecule has 0 spiro atoms. The smallest absolute Gasteiger partial charge is 0.269 e. The van der Waals surface area contributed by atoms with E-state index in [9.17, 15) is 10.1 Å². The van der Waals surface area contributed by atoms with E-state index in [1.807, 2.05) is 0 Å². The van der Waals surface area contributed by atoms with Crippen molar-refractivity contribution in [2.45, 2.75) is 31.6 Å². The number of H-pyrrole nitrogens is 1. The monoisotopic (exact) mass is 324 g/mol. The number of nitrogen functional groups attached to an aromatic ring is 1. The van der Waals surface area contributed by atoms with Gasteiger partial charge in [0.2, 0.25) is 0 Å². The highest BCUT2D eigenvalue weighted by Crippen LogP contribution is 2.35. The summed E-state index contributed by atoms with van der Waals surface area (Å²) in [7, 11) is 0. The number of nitrogens with two attached hydrogens (primary N) is 1. The molecule has 1 fully saturated rings. The zero-order valence-corrected chi connectivity index (χ0v) is 12.9. The molecule has 0 atom stereocenters. The van der Waals surface area contributed by atoms with Gasteiger partial charge in [0.05, 0.1) is 10.3 Å². The van der Waals surface area contributed by atoms with Gasteiger partial charge in [-0.2, -0.15) is 5.10 Å². The van der Waals surface area contributed by atoms with Crippen molar-refractivity contribution in [1.82, 2.24) is 20.2 Å². The lowest BCUT2D eigenvalue weighted by Crippen LogP contribution is -2.04. The van der Waals surface area contributed by atoms with Crippen LogP contribution in [0.4, 0.5) is 11.5 Å². The maximum atomic E-state index is 10.8. The van der Waals surface area contributed by atoms with E-state index >= 15 is 0 Å². The fourth-order valence-electron chi connectivity index (χ4n) is 3.29. The minimum atomic E-state index is -0.433. The Morgan fingerprint density at radius 2 is 1.88 bits per heavy atom. The zero-order valence-electron chi connectivity index (χ0n) is 12.9. The number of aromatic nitrogens is 4. The normalized spacial score (nSPS) is 15.2. The molecule has 0 amide bonds. The van der Waals surface area contributed by atoms with Gasteiger partial charge in [0.1, 0.15) is 17.3 Å². The van der Waals surface area contributed by atoms with Crippen LogP contribution in [0, 0.1) is 10.1 Å². The van der Waals surface area contributed by atoms with Crippen LogP contribution < -0.4 is 5.73 Å². The first-order valence-electron chi connectivity index (χ1n) is 7.90. The van der Waals surface area contributed by atoms with Crippen LogP contribution in [0.15, 0.2) is 24.3 Å². The van der Waals surface area contributed by atoms with E-state index in [0.717, 1.165) is 24.2 Å². The summed E-state index contributed by atoms with van der Waals surface area (Å²) in [5, 5.41) is 18.6. The van der Waals surface area contributed by atoms with E-state index in [2.05, 4.69) is 20.2 Å². The number of nitrogens with zero attached hydrogens (tertiary/aromatic N) is 4. The van der Waals surface area contributed by atoms with Gasteiger partial charge in [-0.3, -0.25) is 15.2 Å². The van der Waals surface area contributed by atoms with Crippen LogP contribution in [0.5, 0.6) is 0 Å². The van der Waals surface area contributed by atoms with Gasteiger partial charge >= 0.3 is 0 Å². The van der Waals surface area contributed by atoms with Gasteiger partial charge in [-0.15, -0.1) is 0 Å². The Morgan fingerprint density at radius 1 is 1.17 bits per heavy atom. The molecule has 4 rings (SSSR count). The Hall–Kier alpha value is -3.03. The lowest BCUT2D eigenvalue weighted by molar-refractivity contribution is -0.384. The van der Waals surface area contributed by atoms with E-state index in [1.54, 1.807) is 12.1 Å². The number of nitrogens with one attached hydrogen (secondary N) is 1. The number of aromatic amines is 1. The second-order valence-electron chi connectivity index (χ2n) is 6.05. The van der Waals surface area contributed by atoms with E-state index < -0.39 is 4.92 Å². The number of non-ortho nitro benzene ring substituents is 1. The van der Waals surface area contributed by atoms with Crippen molar-refractivity contribution in [3.63, 3.8) is 0 Å². The van der Waals surface area contributed by atoms with Gasteiger partial charge < -0.3 is 5.73 Å². The predicted octanol–water partition coefficient (Wildman–Crippen LogP) is 3.17. The standard InChI is InChI=1S/C16H16N6O2/c17-14-12-13(9-5-7-11(8-6-9)22(23)24)20-21-16(12)19-15(18-14)10-3-1-2-4-10/h5-8,10H,1-4H2,(H3,17,18,19,20,21). The number of benzene rings is 1. The molecule has 1 saturated carbocycles. The maximum Gasteiger partial charge on any atom is 0.269 e. The summed E-state index contributed by atoms with van der Waals surface area (Å²) in [4.78, 5) is 19.4. The number of rotatable bonds is 3. The summed E-state index contributed by atoms with van der Waals surface area (Å²) < 4.78 is 0. The summed E-state index contributed by atoms with van der Waals surface area (Å²) in [6.07, 6.45) is 4.58. The predicted molar refractivity (Wildman–Crippen MR) is 89.4 cm³/mol. The highest BCUT2D eigenvalue weighted by atomic mass is 16.6. The first-order chi connectivity index (χ1) is 11.6. The lowest BCUT2D eigenvalue weighted by Gasteiger charge is -2.08. The van der Waals surface area contributed by atoms with Crippen LogP contribution in [-0.4, -0.2) is 25.1 Å². The van der Waals surface area contributed by atoms with Crippen molar-refractivity contribution in [2.24, 2.45) is 0 Å². The molecule has 1 aromatic carbocycles. The van der Waals surface area contributed by atoms with Gasteiger partial charge in [-0.25, -0.2) is 9.97 Å². The SMILES string of the molecule is Nc1nc(C2CCCC2)nc2[nH]nc(-c3ccc([N+](=O)[O-])cc3)c12. The zero-order chi connectivity index (χ0) is 16.7. The quantitative estimate of drug-likeness (QED) is 0.563. The van der Waals surface area contributed by atoms with Gasteiger partial charge in [0, 0.05) is 23.6 Å². The number of hydrogen-bond donors (Lipinski definition) is 2. The number of nitro benzene ring substituents is 1. The molecule has 0 radical (unpaired) electrons. The van der Waals surface area contributed by atoms with Crippen LogP contribution in [-0.2, 0) is 0 Å². The average molecular weight is 324 g/mol. The van der Waals surface area contributed by atoms with Crippen molar-refractivity contribution in [2.75, 3.05) is 5.73 Å². The van der Waals surface area contributed by atoms with E-state index in [-0.39, 0.29) is 5.69 Å². The molecule has 122 valence electrons. The largest absolute Gasteiger partial charge is 0.383 e. The molecule has 1 aliphatic carbocycles. The lowest BCUT2D eigenvalue weighted by atomic mass is 10.1. The molecular formula is C16H16N6O2. The molecule has 0 unspecified atom stereocenters. The molecule has 8 nitrogen and oxygen atoms in total. The van der Waals surface area contributed by atoms with Crippen molar-refractivity contribution >= 4 is 22.5 Å². The second-order valence-corrected chi connectivity index (χ2v) is 6.05. The van der Waals surface area contributed by atoms with Gasteiger partial charge in [0.15, 0.2) is 5.65 Å². The van der Waals surface area contributed by atoms with Crippen LogP contribution in [0.1, 0.15) is 37.4 Å². The van der Waals surface area contributed by atoms with Crippen molar-refractivity contribution in [1.29, 1.82) is 0 Å². The fraction of sp³-hybridized carbons (Fsp3) is 0.312. The third kappa shape index (κ3) is 2.36. The van der Waals surface area contributed by atoms with Crippen molar-refractivity contribution < 1.29 is 4.92 Å². The minimum Gasteiger partial charge on any atom is -0.383 e. The second kappa shape index (κ2) is 5.55. The maximum absolute atomic E-state index is 10.8. The molecule has 2 aromatic heterocycles.